The van der Waals surface area contributed by atoms with Gasteiger partial charge in [-0.05, 0) is 24.7 Å². The van der Waals surface area contributed by atoms with E-state index in [2.05, 4.69) is 27.7 Å². The molecule has 1 fully saturated rings. The molecule has 7 heteroatoms. The summed E-state index contributed by atoms with van der Waals surface area (Å²) >= 11 is 0. The van der Waals surface area contributed by atoms with Crippen LogP contribution in [0.1, 0.15) is 207 Å². The molecule has 290 valence electrons. The highest BCUT2D eigenvalue weighted by Gasteiger charge is 2.42. The van der Waals surface area contributed by atoms with Gasteiger partial charge in [-0.1, -0.05) is 182 Å². The number of esters is 2. The topological polar surface area (TPSA) is 102 Å². The molecule has 0 radical (unpaired) electrons. The fourth-order valence-electron chi connectivity index (χ4n) is 6.80. The Hall–Kier alpha value is -1.18. The van der Waals surface area contributed by atoms with E-state index in [0.717, 1.165) is 50.4 Å². The molecule has 0 amide bonds. The van der Waals surface area contributed by atoms with E-state index in [1.54, 1.807) is 0 Å². The number of aliphatic hydroxyl groups excluding tert-OH is 2. The van der Waals surface area contributed by atoms with Crippen molar-refractivity contribution in [2.24, 2.45) is 11.8 Å². The lowest BCUT2D eigenvalue weighted by Gasteiger charge is -2.25. The number of unbranched alkanes of at least 4 members (excludes halogenated alkanes) is 22. The van der Waals surface area contributed by atoms with Crippen LogP contribution in [0, 0.1) is 11.8 Å². The van der Waals surface area contributed by atoms with E-state index in [1.165, 1.54) is 128 Å². The van der Waals surface area contributed by atoms with Crippen molar-refractivity contribution in [2.45, 2.75) is 232 Å². The van der Waals surface area contributed by atoms with Gasteiger partial charge in [-0.3, -0.25) is 9.59 Å². The second kappa shape index (κ2) is 31.5. The van der Waals surface area contributed by atoms with E-state index >= 15 is 0 Å². The summed E-state index contributed by atoms with van der Waals surface area (Å²) in [6, 6.07) is 0. The van der Waals surface area contributed by atoms with Gasteiger partial charge in [-0.15, -0.1) is 0 Å². The molecule has 0 saturated carbocycles. The Bertz CT molecular complexity index is 770. The van der Waals surface area contributed by atoms with Crippen molar-refractivity contribution < 1.29 is 34.0 Å². The molecule has 49 heavy (non-hydrogen) atoms. The predicted octanol–water partition coefficient (Wildman–Crippen LogP) is 10.8. The Morgan fingerprint density at radius 2 is 0.898 bits per heavy atom. The molecule has 0 aromatic carbocycles. The van der Waals surface area contributed by atoms with Crippen LogP contribution >= 0.6 is 0 Å². The monoisotopic (exact) mass is 697 g/mol. The fourth-order valence-corrected chi connectivity index (χ4v) is 6.80. The molecular weight excluding hydrogens is 616 g/mol. The van der Waals surface area contributed by atoms with Gasteiger partial charge in [0.25, 0.3) is 0 Å². The first-order valence-electron chi connectivity index (χ1n) is 21.0. The van der Waals surface area contributed by atoms with E-state index in [9.17, 15) is 19.8 Å². The van der Waals surface area contributed by atoms with Gasteiger partial charge < -0.3 is 24.4 Å². The minimum absolute atomic E-state index is 0.0371. The Kier molecular flexibility index (Phi) is 29.5. The summed E-state index contributed by atoms with van der Waals surface area (Å²) in [6.45, 7) is 9.00. The average Bonchev–Trinajstić information content (AvgIpc) is 3.40. The van der Waals surface area contributed by atoms with Crippen molar-refractivity contribution >= 4 is 11.9 Å². The van der Waals surface area contributed by atoms with Crippen LogP contribution in [-0.2, 0) is 23.8 Å². The second-order valence-electron chi connectivity index (χ2n) is 15.9. The van der Waals surface area contributed by atoms with Crippen molar-refractivity contribution in [3.05, 3.63) is 0 Å². The van der Waals surface area contributed by atoms with Crippen molar-refractivity contribution in [3.8, 4) is 0 Å². The van der Waals surface area contributed by atoms with E-state index in [1.807, 2.05) is 0 Å². The SMILES string of the molecule is CC(C)CCCCCCCCCCCCCCC(=O)OCC(OC(=O)CCCCCCCCCCCCCCC(C)C)[C@H]1OC[C@@H](O)[C@@H]1O. The second-order valence-corrected chi connectivity index (χ2v) is 15.9. The standard InChI is InChI=1S/C42H80O7/c1-35(2)29-25-21-17-13-9-5-7-11-15-19-23-27-31-39(44)47-34-38(42-41(46)37(43)33-48-42)49-40(45)32-28-24-20-16-12-8-6-10-14-18-22-26-30-36(3)4/h35-38,41-43,46H,5-34H2,1-4H3/t37-,38?,41+,42-/m1/s1. The van der Waals surface area contributed by atoms with Crippen LogP contribution in [0.3, 0.4) is 0 Å². The normalized spacial score (nSPS) is 18.4. The first-order valence-corrected chi connectivity index (χ1v) is 21.0. The highest BCUT2D eigenvalue weighted by molar-refractivity contribution is 5.70. The predicted molar refractivity (Wildman–Crippen MR) is 202 cm³/mol. The van der Waals surface area contributed by atoms with Gasteiger partial charge in [0, 0.05) is 12.8 Å². The lowest BCUT2D eigenvalue weighted by atomic mass is 10.0. The molecule has 1 rings (SSSR count). The summed E-state index contributed by atoms with van der Waals surface area (Å²) in [5.41, 5.74) is 0. The fraction of sp³-hybridized carbons (Fsp3) is 0.952. The summed E-state index contributed by atoms with van der Waals surface area (Å²) in [7, 11) is 0. The van der Waals surface area contributed by atoms with E-state index in [0.29, 0.717) is 6.42 Å². The van der Waals surface area contributed by atoms with Gasteiger partial charge in [0.05, 0.1) is 6.61 Å². The van der Waals surface area contributed by atoms with Gasteiger partial charge >= 0.3 is 11.9 Å². The maximum atomic E-state index is 12.6. The molecule has 1 saturated heterocycles. The van der Waals surface area contributed by atoms with Crippen molar-refractivity contribution in [3.63, 3.8) is 0 Å². The molecule has 1 heterocycles. The average molecular weight is 697 g/mol. The van der Waals surface area contributed by atoms with Crippen LogP contribution in [0.25, 0.3) is 0 Å². The largest absolute Gasteiger partial charge is 0.462 e. The van der Waals surface area contributed by atoms with Crippen molar-refractivity contribution in [1.82, 2.24) is 0 Å². The highest BCUT2D eigenvalue weighted by Crippen LogP contribution is 2.22. The van der Waals surface area contributed by atoms with Gasteiger partial charge in [-0.2, -0.15) is 0 Å². The smallest absolute Gasteiger partial charge is 0.306 e. The molecule has 0 bridgehead atoms. The van der Waals surface area contributed by atoms with E-state index in [-0.39, 0.29) is 31.6 Å². The van der Waals surface area contributed by atoms with Gasteiger partial charge in [0.1, 0.15) is 24.9 Å². The summed E-state index contributed by atoms with van der Waals surface area (Å²) in [5, 5.41) is 20.3. The molecule has 4 atom stereocenters. The van der Waals surface area contributed by atoms with Crippen molar-refractivity contribution in [2.75, 3.05) is 13.2 Å². The Labute approximate surface area is 302 Å². The minimum Gasteiger partial charge on any atom is -0.462 e. The summed E-state index contributed by atoms with van der Waals surface area (Å²) in [6.07, 6.45) is 28.8. The molecular formula is C42H80O7. The Morgan fingerprint density at radius 3 is 1.24 bits per heavy atom. The molecule has 0 spiro atoms. The number of hydrogen-bond acceptors (Lipinski definition) is 7. The number of hydrogen-bond donors (Lipinski definition) is 2. The summed E-state index contributed by atoms with van der Waals surface area (Å²) in [5.74, 6) is 0.944. The Balaban J connectivity index is 2.11. The lowest BCUT2D eigenvalue weighted by Crippen LogP contribution is -2.44. The number of aliphatic hydroxyl groups is 2. The van der Waals surface area contributed by atoms with Gasteiger partial charge in [0.2, 0.25) is 0 Å². The van der Waals surface area contributed by atoms with Crippen LogP contribution in [-0.4, -0.2) is 59.8 Å². The number of carbonyl (C=O) groups excluding carboxylic acids is 2. The molecule has 7 nitrogen and oxygen atoms in total. The highest BCUT2D eigenvalue weighted by atomic mass is 16.6. The lowest BCUT2D eigenvalue weighted by molar-refractivity contribution is -0.170. The zero-order valence-corrected chi connectivity index (χ0v) is 32.6. The quantitative estimate of drug-likeness (QED) is 0.0510. The summed E-state index contributed by atoms with van der Waals surface area (Å²) in [4.78, 5) is 25.1. The van der Waals surface area contributed by atoms with E-state index < -0.39 is 24.4 Å². The van der Waals surface area contributed by atoms with Crippen LogP contribution in [0.4, 0.5) is 0 Å². The molecule has 1 unspecified atom stereocenters. The van der Waals surface area contributed by atoms with Gasteiger partial charge in [0.15, 0.2) is 6.10 Å². The summed E-state index contributed by atoms with van der Waals surface area (Å²) < 4.78 is 16.6. The molecule has 0 aromatic heterocycles. The van der Waals surface area contributed by atoms with Crippen LogP contribution < -0.4 is 0 Å². The molecule has 0 aliphatic carbocycles. The number of ether oxygens (including phenoxy) is 3. The molecule has 0 aromatic rings. The number of rotatable bonds is 34. The number of carbonyl (C=O) groups is 2. The van der Waals surface area contributed by atoms with Crippen molar-refractivity contribution in [1.29, 1.82) is 0 Å². The first kappa shape index (κ1) is 45.8. The Morgan fingerprint density at radius 1 is 0.551 bits per heavy atom. The van der Waals surface area contributed by atoms with Crippen LogP contribution in [0.15, 0.2) is 0 Å². The first-order chi connectivity index (χ1) is 23.7. The van der Waals surface area contributed by atoms with Crippen LogP contribution in [0.2, 0.25) is 0 Å². The maximum absolute atomic E-state index is 12.6. The molecule has 1 aliphatic rings. The van der Waals surface area contributed by atoms with E-state index in [4.69, 9.17) is 14.2 Å². The third-order valence-electron chi connectivity index (χ3n) is 10.1. The van der Waals surface area contributed by atoms with Crippen LogP contribution in [0.5, 0.6) is 0 Å². The van der Waals surface area contributed by atoms with Gasteiger partial charge in [-0.25, -0.2) is 0 Å². The zero-order chi connectivity index (χ0) is 36.0. The third kappa shape index (κ3) is 27.2. The maximum Gasteiger partial charge on any atom is 0.306 e. The molecule has 2 N–H and O–H groups in total. The third-order valence-corrected chi connectivity index (χ3v) is 10.1. The zero-order valence-electron chi connectivity index (χ0n) is 32.6. The molecule has 1 aliphatic heterocycles. The minimum atomic E-state index is -1.18.